The highest BCUT2D eigenvalue weighted by Crippen LogP contribution is 2.33. The number of aliphatic hydroxyl groups excluding tert-OH is 2. The summed E-state index contributed by atoms with van der Waals surface area (Å²) in [5, 5.41) is 18.7. The molecular weight excluding hydrogens is 247 g/mol. The Morgan fingerprint density at radius 1 is 1.50 bits per heavy atom. The van der Waals surface area contributed by atoms with E-state index in [1.54, 1.807) is 0 Å². The summed E-state index contributed by atoms with van der Waals surface area (Å²) in [5.74, 6) is -0.967. The minimum absolute atomic E-state index is 0.480. The van der Waals surface area contributed by atoms with Gasteiger partial charge in [-0.05, 0) is 0 Å². The molecule has 0 bridgehead atoms. The first kappa shape index (κ1) is 12.9. The number of halogens is 1. The minimum atomic E-state index is -1.20. The lowest BCUT2D eigenvalue weighted by Gasteiger charge is -2.18. The molecule has 1 fully saturated rings. The lowest BCUT2D eigenvalue weighted by Crippen LogP contribution is -2.35. The van der Waals surface area contributed by atoms with Crippen molar-refractivity contribution in [1.29, 1.82) is 0 Å². The molecule has 0 aliphatic carbocycles. The molecule has 0 amide bonds. The SMILES string of the molecule is O=c1ccn([C@@H]2OC(CO)C(O)C2CF)c(=O)[nH]1. The molecule has 8 heteroatoms. The number of hydrogen-bond acceptors (Lipinski definition) is 5. The number of hydrogen-bond donors (Lipinski definition) is 3. The van der Waals surface area contributed by atoms with Crippen LogP contribution in [0.15, 0.2) is 21.9 Å². The van der Waals surface area contributed by atoms with Gasteiger partial charge in [0, 0.05) is 12.3 Å². The molecule has 0 aromatic carbocycles. The van der Waals surface area contributed by atoms with Crippen LogP contribution in [0.4, 0.5) is 4.39 Å². The second kappa shape index (κ2) is 5.01. The van der Waals surface area contributed by atoms with Gasteiger partial charge in [0.25, 0.3) is 5.56 Å². The zero-order valence-corrected chi connectivity index (χ0v) is 9.32. The predicted octanol–water partition coefficient (Wildman–Crippen LogP) is -1.63. The van der Waals surface area contributed by atoms with Gasteiger partial charge in [-0.1, -0.05) is 0 Å². The van der Waals surface area contributed by atoms with Crippen molar-refractivity contribution in [3.05, 3.63) is 33.1 Å². The van der Waals surface area contributed by atoms with Gasteiger partial charge in [-0.2, -0.15) is 0 Å². The maximum atomic E-state index is 12.9. The van der Waals surface area contributed by atoms with Crippen molar-refractivity contribution in [2.75, 3.05) is 13.3 Å². The standard InChI is InChI=1S/C10H13FN2O5/c11-3-5-8(16)6(4-14)18-9(5)13-2-1-7(15)12-10(13)17/h1-2,5-6,8-9,14,16H,3-4H2,(H,12,15,17)/t5?,6?,8?,9-/m1/s1. The molecule has 3 unspecified atom stereocenters. The molecule has 100 valence electrons. The summed E-state index contributed by atoms with van der Waals surface area (Å²) in [6.07, 6.45) is -2.04. The van der Waals surface area contributed by atoms with Crippen molar-refractivity contribution < 1.29 is 19.3 Å². The minimum Gasteiger partial charge on any atom is -0.394 e. The number of nitrogens with zero attached hydrogens (tertiary/aromatic N) is 1. The van der Waals surface area contributed by atoms with Gasteiger partial charge in [-0.3, -0.25) is 18.7 Å². The molecular formula is C10H13FN2O5. The van der Waals surface area contributed by atoms with Crippen molar-refractivity contribution in [3.8, 4) is 0 Å². The number of H-pyrrole nitrogens is 1. The fourth-order valence-electron chi connectivity index (χ4n) is 2.02. The Labute approximate surface area is 100 Å². The average molecular weight is 260 g/mol. The van der Waals surface area contributed by atoms with Crippen molar-refractivity contribution >= 4 is 0 Å². The molecule has 1 saturated heterocycles. The second-order valence-corrected chi connectivity index (χ2v) is 4.07. The Kier molecular flexibility index (Phi) is 3.60. The van der Waals surface area contributed by atoms with Crippen molar-refractivity contribution in [3.63, 3.8) is 0 Å². The first-order valence-corrected chi connectivity index (χ1v) is 5.40. The Hall–Kier alpha value is -1.51. The molecule has 1 aromatic rings. The normalized spacial score (nSPS) is 31.7. The van der Waals surface area contributed by atoms with E-state index in [0.29, 0.717) is 0 Å². The smallest absolute Gasteiger partial charge is 0.330 e. The van der Waals surface area contributed by atoms with Crippen LogP contribution in [0, 0.1) is 5.92 Å². The molecule has 0 spiro atoms. The van der Waals surface area contributed by atoms with E-state index in [9.17, 15) is 19.1 Å². The quantitative estimate of drug-likeness (QED) is 0.605. The molecule has 0 radical (unpaired) electrons. The summed E-state index contributed by atoms with van der Waals surface area (Å²) in [7, 11) is 0. The van der Waals surface area contributed by atoms with E-state index in [1.165, 1.54) is 6.20 Å². The summed E-state index contributed by atoms with van der Waals surface area (Å²) in [4.78, 5) is 24.5. The Bertz CT molecular complexity index is 527. The fraction of sp³-hybridized carbons (Fsp3) is 0.600. The highest BCUT2D eigenvalue weighted by Gasteiger charge is 2.44. The van der Waals surface area contributed by atoms with Crippen LogP contribution in [0.1, 0.15) is 6.23 Å². The van der Waals surface area contributed by atoms with Gasteiger partial charge in [0.1, 0.15) is 12.3 Å². The molecule has 4 atom stereocenters. The summed E-state index contributed by atoms with van der Waals surface area (Å²) in [6, 6.07) is 1.10. The first-order chi connectivity index (χ1) is 8.58. The molecule has 1 aliphatic rings. The van der Waals surface area contributed by atoms with Crippen LogP contribution in [0.2, 0.25) is 0 Å². The topological polar surface area (TPSA) is 105 Å². The molecule has 2 heterocycles. The van der Waals surface area contributed by atoms with Gasteiger partial charge in [-0.25, -0.2) is 4.79 Å². The third-order valence-corrected chi connectivity index (χ3v) is 2.98. The average Bonchev–Trinajstić information content (AvgIpc) is 2.65. The van der Waals surface area contributed by atoms with Crippen molar-refractivity contribution in [2.45, 2.75) is 18.4 Å². The van der Waals surface area contributed by atoms with Crippen LogP contribution < -0.4 is 11.2 Å². The van der Waals surface area contributed by atoms with Crippen LogP contribution >= 0.6 is 0 Å². The molecule has 1 aliphatic heterocycles. The van der Waals surface area contributed by atoms with E-state index in [4.69, 9.17) is 9.84 Å². The number of ether oxygens (including phenoxy) is 1. The van der Waals surface area contributed by atoms with Gasteiger partial charge >= 0.3 is 5.69 Å². The highest BCUT2D eigenvalue weighted by atomic mass is 19.1. The van der Waals surface area contributed by atoms with E-state index in [2.05, 4.69) is 0 Å². The number of rotatable bonds is 3. The molecule has 2 rings (SSSR count). The van der Waals surface area contributed by atoms with E-state index in [0.717, 1.165) is 10.6 Å². The monoisotopic (exact) mass is 260 g/mol. The Balaban J connectivity index is 2.38. The van der Waals surface area contributed by atoms with Crippen LogP contribution in [0.25, 0.3) is 0 Å². The summed E-state index contributed by atoms with van der Waals surface area (Å²) in [6.45, 7) is -1.39. The van der Waals surface area contributed by atoms with Gasteiger partial charge in [-0.15, -0.1) is 0 Å². The molecule has 3 N–H and O–H groups in total. The third kappa shape index (κ3) is 2.09. The highest BCUT2D eigenvalue weighted by molar-refractivity contribution is 4.92. The van der Waals surface area contributed by atoms with Crippen LogP contribution in [0.5, 0.6) is 0 Å². The summed E-state index contributed by atoms with van der Waals surface area (Å²) >= 11 is 0. The largest absolute Gasteiger partial charge is 0.394 e. The van der Waals surface area contributed by atoms with E-state index >= 15 is 0 Å². The maximum Gasteiger partial charge on any atom is 0.330 e. The molecule has 1 aromatic heterocycles. The number of aromatic amines is 1. The van der Waals surface area contributed by atoms with Gasteiger partial charge in [0.05, 0.1) is 25.3 Å². The maximum absolute atomic E-state index is 12.9. The lowest BCUT2D eigenvalue weighted by atomic mass is 10.0. The van der Waals surface area contributed by atoms with Gasteiger partial charge < -0.3 is 14.9 Å². The van der Waals surface area contributed by atoms with Crippen molar-refractivity contribution in [1.82, 2.24) is 9.55 Å². The molecule has 18 heavy (non-hydrogen) atoms. The Morgan fingerprint density at radius 3 is 2.78 bits per heavy atom. The summed E-state index contributed by atoms with van der Waals surface area (Å²) < 4.78 is 19.1. The van der Waals surface area contributed by atoms with Crippen LogP contribution in [-0.4, -0.2) is 45.3 Å². The molecule has 0 saturated carbocycles. The first-order valence-electron chi connectivity index (χ1n) is 5.40. The van der Waals surface area contributed by atoms with Crippen LogP contribution in [-0.2, 0) is 4.74 Å². The number of nitrogens with one attached hydrogen (secondary N) is 1. The van der Waals surface area contributed by atoms with E-state index in [1.807, 2.05) is 4.98 Å². The molecule has 7 nitrogen and oxygen atoms in total. The van der Waals surface area contributed by atoms with Gasteiger partial charge in [0.2, 0.25) is 0 Å². The predicted molar refractivity (Wildman–Crippen MR) is 57.8 cm³/mol. The third-order valence-electron chi connectivity index (χ3n) is 2.98. The number of alkyl halides is 1. The fourth-order valence-corrected chi connectivity index (χ4v) is 2.02. The number of aliphatic hydroxyl groups is 2. The van der Waals surface area contributed by atoms with E-state index < -0.39 is 48.9 Å². The van der Waals surface area contributed by atoms with Crippen molar-refractivity contribution in [2.24, 2.45) is 5.92 Å². The van der Waals surface area contributed by atoms with E-state index in [-0.39, 0.29) is 0 Å². The number of aromatic nitrogens is 2. The summed E-state index contributed by atoms with van der Waals surface area (Å²) in [5.41, 5.74) is -1.33. The van der Waals surface area contributed by atoms with Crippen LogP contribution in [0.3, 0.4) is 0 Å². The zero-order valence-electron chi connectivity index (χ0n) is 9.32. The Morgan fingerprint density at radius 2 is 2.22 bits per heavy atom. The second-order valence-electron chi connectivity index (χ2n) is 4.07. The zero-order chi connectivity index (χ0) is 13.3. The lowest BCUT2D eigenvalue weighted by molar-refractivity contribution is -0.0486. The van der Waals surface area contributed by atoms with Gasteiger partial charge in [0.15, 0.2) is 0 Å².